The zero-order valence-corrected chi connectivity index (χ0v) is 13.0. The molecule has 0 bridgehead atoms. The van der Waals surface area contributed by atoms with Gasteiger partial charge in [-0.2, -0.15) is 0 Å². The average molecular weight is 285 g/mol. The summed E-state index contributed by atoms with van der Waals surface area (Å²) in [6, 6.07) is 8.50. The Bertz CT molecular complexity index is 609. The van der Waals surface area contributed by atoms with E-state index >= 15 is 0 Å². The van der Waals surface area contributed by atoms with Crippen LogP contribution in [0, 0.1) is 6.92 Å². The maximum Gasteiger partial charge on any atom is 0.148 e. The molecular weight excluding hydrogens is 262 g/mol. The van der Waals surface area contributed by atoms with Crippen molar-refractivity contribution in [2.75, 3.05) is 10.7 Å². The van der Waals surface area contributed by atoms with Gasteiger partial charge in [-0.1, -0.05) is 38.1 Å². The predicted octanol–water partition coefficient (Wildman–Crippen LogP) is 3.37. The third kappa shape index (κ3) is 3.31. The number of hydrazine groups is 1. The molecule has 0 fully saturated rings. The normalized spacial score (nSPS) is 12.3. The van der Waals surface area contributed by atoms with Crippen molar-refractivity contribution in [1.29, 1.82) is 0 Å². The minimum atomic E-state index is 0.157. The van der Waals surface area contributed by atoms with E-state index in [1.54, 1.807) is 0 Å². The van der Waals surface area contributed by atoms with Crippen LogP contribution in [0.15, 0.2) is 30.6 Å². The second-order valence-corrected chi connectivity index (χ2v) is 5.51. The summed E-state index contributed by atoms with van der Waals surface area (Å²) in [5, 5.41) is 3.48. The fourth-order valence-electron chi connectivity index (χ4n) is 2.53. The molecule has 112 valence electrons. The van der Waals surface area contributed by atoms with Crippen LogP contribution in [0.5, 0.6) is 0 Å². The molecule has 1 unspecified atom stereocenters. The van der Waals surface area contributed by atoms with Crippen molar-refractivity contribution < 1.29 is 0 Å². The summed E-state index contributed by atoms with van der Waals surface area (Å²) in [5.74, 6) is 7.31. The second-order valence-electron chi connectivity index (χ2n) is 5.51. The van der Waals surface area contributed by atoms with Gasteiger partial charge in [-0.25, -0.2) is 15.8 Å². The number of benzene rings is 1. The molecule has 5 heteroatoms. The lowest BCUT2D eigenvalue weighted by Crippen LogP contribution is -2.16. The van der Waals surface area contributed by atoms with Gasteiger partial charge in [-0.15, -0.1) is 0 Å². The Balaban J connectivity index is 2.33. The highest BCUT2D eigenvalue weighted by Gasteiger charge is 2.17. The van der Waals surface area contributed by atoms with Crippen LogP contribution >= 0.6 is 0 Å². The maximum atomic E-state index is 5.56. The molecule has 2 aromatic rings. The van der Waals surface area contributed by atoms with Crippen LogP contribution in [0.3, 0.4) is 0 Å². The van der Waals surface area contributed by atoms with Gasteiger partial charge in [0.15, 0.2) is 0 Å². The Hall–Kier alpha value is -2.14. The lowest BCUT2D eigenvalue weighted by atomic mass is 10.0. The fourth-order valence-corrected chi connectivity index (χ4v) is 2.53. The first kappa shape index (κ1) is 15.3. The third-order valence-electron chi connectivity index (χ3n) is 3.61. The fraction of sp³-hybridized carbons (Fsp3) is 0.375. The molecule has 5 nitrogen and oxygen atoms in total. The molecule has 0 saturated heterocycles. The summed E-state index contributed by atoms with van der Waals surface area (Å²) < 4.78 is 0. The molecule has 0 spiro atoms. The standard InChI is InChI=1S/C16H23N5/c1-10(2)14-15(18-9-19-16(14)21-17)20-12(4)13-8-6-5-7-11(13)3/h5-10,12H,17H2,1-4H3,(H2,18,19,20,21). The molecule has 4 N–H and O–H groups in total. The van der Waals surface area contributed by atoms with Crippen molar-refractivity contribution in [3.05, 3.63) is 47.3 Å². The second kappa shape index (κ2) is 6.54. The van der Waals surface area contributed by atoms with Crippen LogP contribution in [-0.2, 0) is 0 Å². The van der Waals surface area contributed by atoms with E-state index in [9.17, 15) is 0 Å². The van der Waals surface area contributed by atoms with Crippen LogP contribution in [-0.4, -0.2) is 9.97 Å². The smallest absolute Gasteiger partial charge is 0.148 e. The average Bonchev–Trinajstić information content (AvgIpc) is 2.46. The van der Waals surface area contributed by atoms with Crippen molar-refractivity contribution in [3.63, 3.8) is 0 Å². The van der Waals surface area contributed by atoms with E-state index in [0.29, 0.717) is 5.82 Å². The van der Waals surface area contributed by atoms with E-state index in [1.165, 1.54) is 17.5 Å². The number of hydrogen-bond donors (Lipinski definition) is 3. The van der Waals surface area contributed by atoms with Crippen molar-refractivity contribution in [2.45, 2.75) is 39.7 Å². The molecule has 2 rings (SSSR count). The van der Waals surface area contributed by atoms with Crippen LogP contribution in [0.4, 0.5) is 11.6 Å². The van der Waals surface area contributed by atoms with Crippen molar-refractivity contribution in [1.82, 2.24) is 9.97 Å². The highest BCUT2D eigenvalue weighted by Crippen LogP contribution is 2.30. The number of aryl methyl sites for hydroxylation is 1. The monoisotopic (exact) mass is 285 g/mol. The predicted molar refractivity (Wildman–Crippen MR) is 87.1 cm³/mol. The van der Waals surface area contributed by atoms with Crippen LogP contribution in [0.1, 0.15) is 49.4 Å². The van der Waals surface area contributed by atoms with Gasteiger partial charge in [0.2, 0.25) is 0 Å². The Morgan fingerprint density at radius 1 is 1.05 bits per heavy atom. The largest absolute Gasteiger partial charge is 0.363 e. The molecule has 0 saturated carbocycles. The number of hydrogen-bond acceptors (Lipinski definition) is 5. The van der Waals surface area contributed by atoms with Crippen molar-refractivity contribution in [3.8, 4) is 0 Å². The number of rotatable bonds is 5. The molecule has 1 heterocycles. The van der Waals surface area contributed by atoms with E-state index in [0.717, 1.165) is 11.4 Å². The van der Waals surface area contributed by atoms with Gasteiger partial charge in [0.25, 0.3) is 0 Å². The summed E-state index contributed by atoms with van der Waals surface area (Å²) in [7, 11) is 0. The van der Waals surface area contributed by atoms with E-state index < -0.39 is 0 Å². The van der Waals surface area contributed by atoms with Gasteiger partial charge in [-0.3, -0.25) is 0 Å². The maximum absolute atomic E-state index is 5.56. The molecule has 0 amide bonds. The molecule has 1 atom stereocenters. The summed E-state index contributed by atoms with van der Waals surface area (Å²) in [5.41, 5.74) is 6.17. The first-order valence-electron chi connectivity index (χ1n) is 7.18. The van der Waals surface area contributed by atoms with E-state index in [4.69, 9.17) is 5.84 Å². The number of nitrogens with two attached hydrogens (primary N) is 1. The lowest BCUT2D eigenvalue weighted by molar-refractivity contribution is 0.816. The van der Waals surface area contributed by atoms with Crippen LogP contribution in [0.25, 0.3) is 0 Å². The summed E-state index contributed by atoms with van der Waals surface area (Å²) in [6.07, 6.45) is 1.52. The molecular formula is C16H23N5. The topological polar surface area (TPSA) is 75.9 Å². The molecule has 1 aromatic carbocycles. The first-order valence-corrected chi connectivity index (χ1v) is 7.18. The molecule has 21 heavy (non-hydrogen) atoms. The van der Waals surface area contributed by atoms with Crippen molar-refractivity contribution in [2.24, 2.45) is 5.84 Å². The summed E-state index contributed by atoms with van der Waals surface area (Å²) in [4.78, 5) is 8.58. The first-order chi connectivity index (χ1) is 10.0. The SMILES string of the molecule is Cc1ccccc1C(C)Nc1ncnc(NN)c1C(C)C. The van der Waals surface area contributed by atoms with Gasteiger partial charge in [0.05, 0.1) is 6.04 Å². The van der Waals surface area contributed by atoms with E-state index in [1.807, 2.05) is 6.07 Å². The molecule has 0 radical (unpaired) electrons. The third-order valence-corrected chi connectivity index (χ3v) is 3.61. The number of nitrogens with one attached hydrogen (secondary N) is 2. The Kier molecular flexibility index (Phi) is 4.75. The van der Waals surface area contributed by atoms with Crippen molar-refractivity contribution >= 4 is 11.6 Å². The lowest BCUT2D eigenvalue weighted by Gasteiger charge is -2.21. The highest BCUT2D eigenvalue weighted by molar-refractivity contribution is 5.59. The summed E-state index contributed by atoms with van der Waals surface area (Å²) in [6.45, 7) is 8.44. The Morgan fingerprint density at radius 2 is 1.71 bits per heavy atom. The molecule has 0 aliphatic heterocycles. The number of nitrogen functional groups attached to an aromatic ring is 1. The molecule has 0 aliphatic rings. The highest BCUT2D eigenvalue weighted by atomic mass is 15.3. The van der Waals surface area contributed by atoms with Crippen LogP contribution < -0.4 is 16.6 Å². The van der Waals surface area contributed by atoms with Gasteiger partial charge >= 0.3 is 0 Å². The Labute approximate surface area is 126 Å². The zero-order chi connectivity index (χ0) is 15.4. The minimum Gasteiger partial charge on any atom is -0.363 e. The van der Waals surface area contributed by atoms with E-state index in [-0.39, 0.29) is 12.0 Å². The Morgan fingerprint density at radius 3 is 2.33 bits per heavy atom. The van der Waals surface area contributed by atoms with Crippen LogP contribution in [0.2, 0.25) is 0 Å². The summed E-state index contributed by atoms with van der Waals surface area (Å²) >= 11 is 0. The van der Waals surface area contributed by atoms with Gasteiger partial charge < -0.3 is 10.7 Å². The van der Waals surface area contributed by atoms with Gasteiger partial charge in [0, 0.05) is 5.56 Å². The number of nitrogens with zero attached hydrogens (tertiary/aromatic N) is 2. The van der Waals surface area contributed by atoms with Gasteiger partial charge in [0.1, 0.15) is 18.0 Å². The molecule has 0 aliphatic carbocycles. The number of aromatic nitrogens is 2. The quantitative estimate of drug-likeness (QED) is 0.580. The number of anilines is 2. The minimum absolute atomic E-state index is 0.157. The zero-order valence-electron chi connectivity index (χ0n) is 13.0. The van der Waals surface area contributed by atoms with Gasteiger partial charge in [-0.05, 0) is 30.9 Å². The van der Waals surface area contributed by atoms with E-state index in [2.05, 4.69) is 66.6 Å². The molecule has 1 aromatic heterocycles.